The Kier molecular flexibility index (Phi) is 2.92. The Labute approximate surface area is 40.5 Å². The summed E-state index contributed by atoms with van der Waals surface area (Å²) in [4.78, 5) is 0. The van der Waals surface area contributed by atoms with Gasteiger partial charge >= 0.3 is 0 Å². The zero-order valence-electron chi connectivity index (χ0n) is 4.65. The van der Waals surface area contributed by atoms with Crippen molar-refractivity contribution in [3.8, 4) is 0 Å². The Morgan fingerprint density at radius 2 is 2.17 bits per heavy atom. The molecule has 0 amide bonds. The van der Waals surface area contributed by atoms with Crippen molar-refractivity contribution in [2.75, 3.05) is 0 Å². The van der Waals surface area contributed by atoms with Gasteiger partial charge in [0.25, 0.3) is 0 Å². The lowest BCUT2D eigenvalue weighted by Crippen LogP contribution is -1.80. The summed E-state index contributed by atoms with van der Waals surface area (Å²) in [7, 11) is 2.08. The molecule has 0 aliphatic rings. The van der Waals surface area contributed by atoms with Gasteiger partial charge in [-0.15, -0.1) is 5.47 Å². The maximum Gasteiger partial charge on any atom is 0.141 e. The summed E-state index contributed by atoms with van der Waals surface area (Å²) in [6.07, 6.45) is 2.08. The van der Waals surface area contributed by atoms with E-state index in [2.05, 4.69) is 20.3 Å². The lowest BCUT2D eigenvalue weighted by molar-refractivity contribution is 1.57. The molecular weight excluding hydrogens is 70.9 g/mol. The van der Waals surface area contributed by atoms with Crippen LogP contribution in [0.1, 0.15) is 13.8 Å². The van der Waals surface area contributed by atoms with E-state index in [0.29, 0.717) is 0 Å². The fourth-order valence-electron chi connectivity index (χ4n) is 0.167. The van der Waals surface area contributed by atoms with Gasteiger partial charge in [-0.05, 0) is 6.92 Å². The van der Waals surface area contributed by atoms with Crippen LogP contribution in [-0.2, 0) is 0 Å². The molecule has 0 rings (SSSR count). The van der Waals surface area contributed by atoms with E-state index < -0.39 is 0 Å². The molecule has 0 aliphatic carbocycles. The van der Waals surface area contributed by atoms with Crippen LogP contribution in [-0.4, -0.2) is 7.28 Å². The molecule has 0 spiro atoms. The molecule has 0 fully saturated rings. The highest BCUT2D eigenvalue weighted by Crippen LogP contribution is 1.84. The first-order valence-corrected chi connectivity index (χ1v) is 2.23. The van der Waals surface area contributed by atoms with Crippen molar-refractivity contribution in [2.24, 2.45) is 0 Å². The van der Waals surface area contributed by atoms with Crippen molar-refractivity contribution in [1.29, 1.82) is 0 Å². The van der Waals surface area contributed by atoms with Gasteiger partial charge in [-0.3, -0.25) is 0 Å². The van der Waals surface area contributed by atoms with Gasteiger partial charge in [-0.25, -0.2) is 0 Å². The van der Waals surface area contributed by atoms with Crippen LogP contribution >= 0.6 is 0 Å². The highest BCUT2D eigenvalue weighted by molar-refractivity contribution is 6.43. The molecule has 1 heteroatoms. The van der Waals surface area contributed by atoms with E-state index in [1.165, 1.54) is 5.47 Å². The number of rotatable bonds is 1. The third-order valence-corrected chi connectivity index (χ3v) is 0.911. The van der Waals surface area contributed by atoms with Crippen LogP contribution in [0.3, 0.4) is 0 Å². The molecule has 0 aromatic carbocycles. The molecule has 6 heavy (non-hydrogen) atoms. The van der Waals surface area contributed by atoms with Crippen LogP contribution in [0.4, 0.5) is 0 Å². The van der Waals surface area contributed by atoms with Gasteiger partial charge in [0, 0.05) is 0 Å². The van der Waals surface area contributed by atoms with Gasteiger partial charge in [-0.2, -0.15) is 0 Å². The van der Waals surface area contributed by atoms with Crippen LogP contribution in [0.25, 0.3) is 0 Å². The molecule has 0 aromatic heterocycles. The van der Waals surface area contributed by atoms with Crippen molar-refractivity contribution in [2.45, 2.75) is 20.7 Å². The topological polar surface area (TPSA) is 0 Å². The second-order valence-electron chi connectivity index (χ2n) is 1.32. The summed E-state index contributed by atoms with van der Waals surface area (Å²) in [5.41, 5.74) is 1.34. The monoisotopic (exact) mass is 81.1 g/mol. The van der Waals surface area contributed by atoms with Gasteiger partial charge in [0.2, 0.25) is 0 Å². The Morgan fingerprint density at radius 3 is 2.17 bits per heavy atom. The van der Waals surface area contributed by atoms with Crippen molar-refractivity contribution in [3.05, 3.63) is 11.5 Å². The molecule has 0 bridgehead atoms. The summed E-state index contributed by atoms with van der Waals surface area (Å²) in [5, 5.41) is 0. The SMILES string of the molecule is C[B]/C(C)=C/C. The zero-order chi connectivity index (χ0) is 4.99. The van der Waals surface area contributed by atoms with E-state index in [4.69, 9.17) is 0 Å². The molecule has 0 atom stereocenters. The van der Waals surface area contributed by atoms with E-state index in [9.17, 15) is 0 Å². The van der Waals surface area contributed by atoms with Crippen LogP contribution in [0, 0.1) is 0 Å². The minimum atomic E-state index is 1.34. The third kappa shape index (κ3) is 2.07. The largest absolute Gasteiger partial charge is 0.141 e. The van der Waals surface area contributed by atoms with Gasteiger partial charge in [0.15, 0.2) is 0 Å². The molecule has 0 saturated carbocycles. The van der Waals surface area contributed by atoms with E-state index in [1.807, 2.05) is 13.7 Å². The predicted octanol–water partition coefficient (Wildman–Crippen LogP) is 1.66. The smallest absolute Gasteiger partial charge is 0.116 e. The maximum atomic E-state index is 2.08. The van der Waals surface area contributed by atoms with Gasteiger partial charge < -0.3 is 0 Å². The lowest BCUT2D eigenvalue weighted by Gasteiger charge is -1.83. The van der Waals surface area contributed by atoms with Gasteiger partial charge in [0.05, 0.1) is 0 Å². The standard InChI is InChI=1S/C5H10B/c1-4-5(2)6-3/h4H,1-3H3/b5-4+. The Hall–Kier alpha value is -0.195. The molecule has 0 N–H and O–H groups in total. The lowest BCUT2D eigenvalue weighted by atomic mass is 9.73. The van der Waals surface area contributed by atoms with Crippen molar-refractivity contribution in [3.63, 3.8) is 0 Å². The second kappa shape index (κ2) is 3.01. The zero-order valence-corrected chi connectivity index (χ0v) is 4.65. The van der Waals surface area contributed by atoms with Crippen molar-refractivity contribution in [1.82, 2.24) is 0 Å². The predicted molar refractivity (Wildman–Crippen MR) is 31.0 cm³/mol. The van der Waals surface area contributed by atoms with Crippen LogP contribution in [0.5, 0.6) is 0 Å². The van der Waals surface area contributed by atoms with E-state index in [-0.39, 0.29) is 0 Å². The Balaban J connectivity index is 3.22. The van der Waals surface area contributed by atoms with E-state index in [0.717, 1.165) is 0 Å². The van der Waals surface area contributed by atoms with Gasteiger partial charge in [-0.1, -0.05) is 19.8 Å². The van der Waals surface area contributed by atoms with E-state index >= 15 is 0 Å². The quantitative estimate of drug-likeness (QED) is 0.421. The van der Waals surface area contributed by atoms with E-state index in [1.54, 1.807) is 0 Å². The van der Waals surface area contributed by atoms with Crippen LogP contribution < -0.4 is 0 Å². The first kappa shape index (κ1) is 5.80. The fourth-order valence-corrected chi connectivity index (χ4v) is 0.167. The average molecular weight is 80.9 g/mol. The molecule has 0 aliphatic heterocycles. The molecule has 1 radical (unpaired) electrons. The first-order chi connectivity index (χ1) is 2.81. The minimum Gasteiger partial charge on any atom is -0.116 e. The first-order valence-electron chi connectivity index (χ1n) is 2.23. The molecule has 0 aromatic rings. The maximum absolute atomic E-state index is 2.08. The Morgan fingerprint density at radius 1 is 1.67 bits per heavy atom. The molecule has 0 saturated heterocycles. The molecule has 0 heterocycles. The Bertz CT molecular complexity index is 55.0. The van der Waals surface area contributed by atoms with Crippen LogP contribution in [0.15, 0.2) is 11.5 Å². The molecule has 0 nitrogen and oxygen atoms in total. The van der Waals surface area contributed by atoms with Crippen molar-refractivity contribution < 1.29 is 0 Å². The molecule has 0 unspecified atom stereocenters. The average Bonchev–Trinajstić information content (AvgIpc) is 1.65. The third-order valence-electron chi connectivity index (χ3n) is 0.911. The number of hydrogen-bond acceptors (Lipinski definition) is 0. The highest BCUT2D eigenvalue weighted by atomic mass is 13.6. The fraction of sp³-hybridized carbons (Fsp3) is 0.600. The second-order valence-corrected chi connectivity index (χ2v) is 1.32. The summed E-state index contributed by atoms with van der Waals surface area (Å²) >= 11 is 0. The normalized spacial score (nSPS) is 11.5. The molecule has 33 valence electrons. The van der Waals surface area contributed by atoms with Crippen LogP contribution in [0.2, 0.25) is 6.82 Å². The summed E-state index contributed by atoms with van der Waals surface area (Å²) in [6, 6.07) is 0. The summed E-state index contributed by atoms with van der Waals surface area (Å²) in [6.45, 7) is 6.16. The van der Waals surface area contributed by atoms with Crippen molar-refractivity contribution >= 4 is 7.28 Å². The minimum absolute atomic E-state index is 1.34. The highest BCUT2D eigenvalue weighted by Gasteiger charge is 1.76. The summed E-state index contributed by atoms with van der Waals surface area (Å²) < 4.78 is 0. The number of allylic oxidation sites excluding steroid dienone is 2. The number of hydrogen-bond donors (Lipinski definition) is 0. The summed E-state index contributed by atoms with van der Waals surface area (Å²) in [5.74, 6) is 0. The van der Waals surface area contributed by atoms with Gasteiger partial charge in [0.1, 0.15) is 7.28 Å². The molecular formula is C5H10B.